The zero-order valence-corrected chi connectivity index (χ0v) is 25.9. The van der Waals surface area contributed by atoms with Crippen LogP contribution in [0.1, 0.15) is 67.6 Å². The van der Waals surface area contributed by atoms with Gasteiger partial charge in [-0.3, -0.25) is 4.79 Å². The van der Waals surface area contributed by atoms with Gasteiger partial charge in [0.2, 0.25) is 0 Å². The number of rotatable bonds is 14. The number of piperazine rings is 1. The molecule has 0 unspecified atom stereocenters. The number of halogens is 1. The van der Waals surface area contributed by atoms with Crippen molar-refractivity contribution >= 4 is 11.6 Å². The number of fused-ring (bicyclic) bond motifs is 1. The Kier molecular flexibility index (Phi) is 11.4. The minimum absolute atomic E-state index is 0.0800. The molecule has 1 atom stereocenters. The van der Waals surface area contributed by atoms with E-state index < -0.39 is 0 Å². The van der Waals surface area contributed by atoms with Crippen molar-refractivity contribution in [2.24, 2.45) is 0 Å². The molecule has 0 radical (unpaired) electrons. The fourth-order valence-corrected chi connectivity index (χ4v) is 5.96. The zero-order chi connectivity index (χ0) is 30.1. The summed E-state index contributed by atoms with van der Waals surface area (Å²) in [6.07, 6.45) is 5.90. The smallest absolute Gasteiger partial charge is 0.255 e. The predicted molar refractivity (Wildman–Crippen MR) is 168 cm³/mol. The fraction of sp³-hybridized carbons (Fsp3) is 0.500. The van der Waals surface area contributed by atoms with E-state index in [4.69, 9.17) is 9.47 Å². The Morgan fingerprint density at radius 3 is 2.48 bits per heavy atom. The molecule has 0 aliphatic carbocycles. The average Bonchev–Trinajstić information content (AvgIpc) is 3.35. The summed E-state index contributed by atoms with van der Waals surface area (Å²) >= 11 is 0. The molecule has 228 valence electrons. The van der Waals surface area contributed by atoms with Gasteiger partial charge in [-0.25, -0.2) is 4.39 Å². The Bertz CT molecular complexity index is 1270. The monoisotopic (exact) mass is 578 g/mol. The number of hydrogen-bond donors (Lipinski definition) is 1. The Morgan fingerprint density at radius 2 is 1.81 bits per heavy atom. The zero-order valence-electron chi connectivity index (χ0n) is 25.9. The number of hydrogen-bond acceptors (Lipinski definition) is 6. The maximum atomic E-state index is 14.0. The summed E-state index contributed by atoms with van der Waals surface area (Å²) in [4.78, 5) is 20.9. The van der Waals surface area contributed by atoms with Gasteiger partial charge < -0.3 is 29.5 Å². The van der Waals surface area contributed by atoms with Gasteiger partial charge in [-0.2, -0.15) is 0 Å². The van der Waals surface area contributed by atoms with Crippen LogP contribution < -0.4 is 19.7 Å². The Hall–Kier alpha value is -3.36. The number of carbonyl (C=O) groups excluding carboxylic acids is 1. The van der Waals surface area contributed by atoms with E-state index in [1.54, 1.807) is 14.2 Å². The summed E-state index contributed by atoms with van der Waals surface area (Å²) in [5.74, 6) is 1.21. The van der Waals surface area contributed by atoms with E-state index in [2.05, 4.69) is 35.0 Å². The molecular weight excluding hydrogens is 531 g/mol. The van der Waals surface area contributed by atoms with Crippen LogP contribution in [0.15, 0.2) is 60.0 Å². The van der Waals surface area contributed by atoms with E-state index in [1.807, 2.05) is 41.3 Å². The highest BCUT2D eigenvalue weighted by Crippen LogP contribution is 2.40. The summed E-state index contributed by atoms with van der Waals surface area (Å²) in [5.41, 5.74) is 5.31. The van der Waals surface area contributed by atoms with Crippen LogP contribution in [0, 0.1) is 0 Å². The Labute approximate surface area is 251 Å². The van der Waals surface area contributed by atoms with Gasteiger partial charge in [0.15, 0.2) is 11.5 Å². The Balaban J connectivity index is 1.53. The summed E-state index contributed by atoms with van der Waals surface area (Å²) < 4.78 is 24.3. The summed E-state index contributed by atoms with van der Waals surface area (Å²) in [6, 6.07) is 12.0. The number of anilines is 1. The maximum Gasteiger partial charge on any atom is 0.255 e. The van der Waals surface area contributed by atoms with Crippen LogP contribution in [-0.2, 0) is 6.54 Å². The highest BCUT2D eigenvalue weighted by Gasteiger charge is 2.36. The third-order valence-corrected chi connectivity index (χ3v) is 8.49. The second-order valence-corrected chi connectivity index (χ2v) is 11.0. The molecule has 2 aromatic carbocycles. The summed E-state index contributed by atoms with van der Waals surface area (Å²) in [6.45, 7) is 12.9. The van der Waals surface area contributed by atoms with Gasteiger partial charge in [0, 0.05) is 56.1 Å². The van der Waals surface area contributed by atoms with Crippen LogP contribution in [0.3, 0.4) is 0 Å². The lowest BCUT2D eigenvalue weighted by molar-refractivity contribution is 0.0689. The second kappa shape index (κ2) is 15.2. The van der Waals surface area contributed by atoms with Gasteiger partial charge in [0.25, 0.3) is 5.91 Å². The van der Waals surface area contributed by atoms with E-state index in [9.17, 15) is 9.18 Å². The van der Waals surface area contributed by atoms with Crippen molar-refractivity contribution < 1.29 is 18.7 Å². The summed E-state index contributed by atoms with van der Waals surface area (Å²) in [7, 11) is 3.27. The molecule has 1 amide bonds. The number of likely N-dealkylation sites (N-methyl/N-ethyl adjacent to an activating group) is 1. The predicted octanol–water partition coefficient (Wildman–Crippen LogP) is 6.12. The van der Waals surface area contributed by atoms with Crippen LogP contribution in [-0.4, -0.2) is 75.7 Å². The van der Waals surface area contributed by atoms with E-state index in [1.165, 1.54) is 18.7 Å². The first-order chi connectivity index (χ1) is 20.4. The highest BCUT2D eigenvalue weighted by atomic mass is 19.1. The number of nitrogens with zero attached hydrogens (tertiary/aromatic N) is 3. The van der Waals surface area contributed by atoms with E-state index in [0.29, 0.717) is 24.6 Å². The number of amides is 1. The molecule has 2 aliphatic heterocycles. The molecule has 2 heterocycles. The molecule has 2 aliphatic rings. The first-order valence-corrected chi connectivity index (χ1v) is 15.2. The highest BCUT2D eigenvalue weighted by molar-refractivity contribution is 6.00. The van der Waals surface area contributed by atoms with Crippen molar-refractivity contribution in [3.8, 4) is 11.5 Å². The van der Waals surface area contributed by atoms with Crippen molar-refractivity contribution in [3.05, 3.63) is 76.6 Å². The van der Waals surface area contributed by atoms with Crippen LogP contribution >= 0.6 is 0 Å². The molecule has 2 aromatic rings. The lowest BCUT2D eigenvalue weighted by Crippen LogP contribution is -2.46. The molecule has 1 saturated heterocycles. The van der Waals surface area contributed by atoms with Crippen molar-refractivity contribution in [2.75, 3.05) is 64.9 Å². The van der Waals surface area contributed by atoms with Gasteiger partial charge in [0.1, 0.15) is 0 Å². The number of ether oxygens (including phenoxy) is 2. The lowest BCUT2D eigenvalue weighted by Gasteiger charge is -2.36. The second-order valence-electron chi connectivity index (χ2n) is 11.0. The molecule has 42 heavy (non-hydrogen) atoms. The first kappa shape index (κ1) is 31.6. The normalized spacial score (nSPS) is 17.0. The molecular formula is C34H47FN4O3. The fourth-order valence-electron chi connectivity index (χ4n) is 5.96. The van der Waals surface area contributed by atoms with Gasteiger partial charge in [-0.1, -0.05) is 37.6 Å². The molecule has 0 bridgehead atoms. The number of methoxy groups -OCH3 is 2. The quantitative estimate of drug-likeness (QED) is 0.215. The standard InChI is InChI=1S/C34H47FN4O3/c1-6-26(14-13-25(3)35)23-36-17-9-12-30(27-15-16-32(41-4)33(22-27)42-5)39-24-29-28(34(39)40)10-8-11-31(29)38-20-18-37(7-2)19-21-38/h8,10-11,13-16,22,30,36H,6-7,9,12,17-21,23-24H2,1-5H3/b25-13+,26-14+/t30-/m1/s1. The van der Waals surface area contributed by atoms with Crippen LogP contribution in [0.2, 0.25) is 0 Å². The molecule has 1 N–H and O–H groups in total. The summed E-state index contributed by atoms with van der Waals surface area (Å²) in [5, 5.41) is 3.51. The first-order valence-electron chi connectivity index (χ1n) is 15.2. The average molecular weight is 579 g/mol. The van der Waals surface area contributed by atoms with E-state index >= 15 is 0 Å². The van der Waals surface area contributed by atoms with Crippen LogP contribution in [0.25, 0.3) is 0 Å². The van der Waals surface area contributed by atoms with Crippen molar-refractivity contribution in [3.63, 3.8) is 0 Å². The number of nitrogens with one attached hydrogen (secondary N) is 1. The topological polar surface area (TPSA) is 57.3 Å². The number of allylic oxidation sites excluding steroid dienone is 3. The molecule has 7 nitrogen and oxygen atoms in total. The lowest BCUT2D eigenvalue weighted by atomic mass is 9.99. The van der Waals surface area contributed by atoms with Crippen molar-refractivity contribution in [1.29, 1.82) is 0 Å². The number of carbonyl (C=O) groups is 1. The molecule has 4 rings (SSSR count). The van der Waals surface area contributed by atoms with Crippen LogP contribution in [0.5, 0.6) is 11.5 Å². The SMILES string of the molecule is CC/C(=C\C=C(/C)F)CNCCC[C@H](c1ccc(OC)c(OC)c1)N1Cc2c(cccc2N2CCN(CC)CC2)C1=O. The Morgan fingerprint density at radius 1 is 1.05 bits per heavy atom. The van der Waals surface area contributed by atoms with Gasteiger partial charge in [0.05, 0.1) is 26.1 Å². The van der Waals surface area contributed by atoms with E-state index in [-0.39, 0.29) is 17.8 Å². The molecule has 0 spiro atoms. The van der Waals surface area contributed by atoms with Gasteiger partial charge >= 0.3 is 0 Å². The number of benzene rings is 2. The maximum absolute atomic E-state index is 14.0. The third-order valence-electron chi connectivity index (χ3n) is 8.49. The molecule has 0 saturated carbocycles. The van der Waals surface area contributed by atoms with Crippen molar-refractivity contribution in [2.45, 2.75) is 52.6 Å². The van der Waals surface area contributed by atoms with Gasteiger partial charge in [-0.15, -0.1) is 0 Å². The minimum atomic E-state index is -0.193. The van der Waals surface area contributed by atoms with Crippen molar-refractivity contribution in [1.82, 2.24) is 15.1 Å². The molecule has 0 aromatic heterocycles. The van der Waals surface area contributed by atoms with Gasteiger partial charge in [-0.05, 0) is 75.2 Å². The largest absolute Gasteiger partial charge is 0.493 e. The van der Waals surface area contributed by atoms with E-state index in [0.717, 1.165) is 80.8 Å². The van der Waals surface area contributed by atoms with Crippen LogP contribution in [0.4, 0.5) is 10.1 Å². The molecule has 8 heteroatoms. The molecule has 1 fully saturated rings. The third kappa shape index (κ3) is 7.53. The minimum Gasteiger partial charge on any atom is -0.493 e.